The summed E-state index contributed by atoms with van der Waals surface area (Å²) in [6, 6.07) is 0.569. The second-order valence-electron chi connectivity index (χ2n) is 4.88. The Bertz CT molecular complexity index is 392. The van der Waals surface area contributed by atoms with E-state index in [4.69, 9.17) is 5.73 Å². The first-order valence-corrected chi connectivity index (χ1v) is 7.03. The summed E-state index contributed by atoms with van der Waals surface area (Å²) in [6.45, 7) is 6.93. The molecule has 7 heteroatoms. The fraction of sp³-hybridized carbons (Fsp3) is 0.692. The Morgan fingerprint density at radius 2 is 2.40 bits per heavy atom. The van der Waals surface area contributed by atoms with E-state index in [2.05, 4.69) is 27.1 Å². The summed E-state index contributed by atoms with van der Waals surface area (Å²) in [6.07, 6.45) is 8.03. The molecule has 3 N–H and O–H groups in total. The molecule has 20 heavy (non-hydrogen) atoms. The number of nitrogens with zero attached hydrogens (tertiary/aromatic N) is 4. The molecule has 1 aliphatic heterocycles. The second kappa shape index (κ2) is 9.17. The third-order valence-electron chi connectivity index (χ3n) is 3.61. The number of nitrogens with one attached hydrogen (secondary N) is 1. The van der Waals surface area contributed by atoms with Crippen molar-refractivity contribution in [2.24, 2.45) is 10.7 Å². The molecule has 1 aromatic heterocycles. The topological polar surface area (TPSA) is 71.5 Å². The van der Waals surface area contributed by atoms with Gasteiger partial charge in [-0.2, -0.15) is 0 Å². The third-order valence-corrected chi connectivity index (χ3v) is 3.61. The predicted octanol–water partition coefficient (Wildman–Crippen LogP) is 0.890. The minimum Gasteiger partial charge on any atom is -0.370 e. The highest BCUT2D eigenvalue weighted by molar-refractivity contribution is 14.0. The van der Waals surface area contributed by atoms with Gasteiger partial charge in [-0.15, -0.1) is 24.0 Å². The van der Waals surface area contributed by atoms with Gasteiger partial charge < -0.3 is 15.6 Å². The highest BCUT2D eigenvalue weighted by Gasteiger charge is 2.22. The molecule has 1 unspecified atom stereocenters. The van der Waals surface area contributed by atoms with Crippen LogP contribution in [0.4, 0.5) is 0 Å². The summed E-state index contributed by atoms with van der Waals surface area (Å²) in [5.41, 5.74) is 5.87. The van der Waals surface area contributed by atoms with Crippen molar-refractivity contribution in [1.82, 2.24) is 19.8 Å². The van der Waals surface area contributed by atoms with Crippen molar-refractivity contribution in [3.8, 4) is 0 Å². The van der Waals surface area contributed by atoms with Gasteiger partial charge in [-0.05, 0) is 25.9 Å². The summed E-state index contributed by atoms with van der Waals surface area (Å²) < 4.78 is 2.01. The number of aromatic nitrogens is 2. The van der Waals surface area contributed by atoms with E-state index in [0.717, 1.165) is 26.2 Å². The predicted molar refractivity (Wildman–Crippen MR) is 92.4 cm³/mol. The molecule has 1 aromatic rings. The maximum Gasteiger partial charge on any atom is 0.188 e. The first-order chi connectivity index (χ1) is 9.29. The van der Waals surface area contributed by atoms with Crippen LogP contribution in [-0.2, 0) is 6.54 Å². The van der Waals surface area contributed by atoms with Crippen molar-refractivity contribution in [2.45, 2.75) is 32.4 Å². The number of likely N-dealkylation sites (N-methyl/N-ethyl adjacent to an activating group) is 1. The highest BCUT2D eigenvalue weighted by Crippen LogP contribution is 2.16. The lowest BCUT2D eigenvalue weighted by atomic mass is 10.2. The number of rotatable bonds is 6. The molecular formula is C13H25IN6. The SMILES string of the molecule is CCN1CCCC1CN=C(N)NCCn1ccnc1.I. The average Bonchev–Trinajstić information content (AvgIpc) is 3.07. The average molecular weight is 392 g/mol. The Labute approximate surface area is 137 Å². The van der Waals surface area contributed by atoms with E-state index < -0.39 is 0 Å². The van der Waals surface area contributed by atoms with Gasteiger partial charge in [-0.25, -0.2) is 4.98 Å². The van der Waals surface area contributed by atoms with Crippen LogP contribution in [0.2, 0.25) is 0 Å². The van der Waals surface area contributed by atoms with Crippen LogP contribution in [0.3, 0.4) is 0 Å². The van der Waals surface area contributed by atoms with Gasteiger partial charge in [0.25, 0.3) is 0 Å². The molecule has 0 radical (unpaired) electrons. The number of hydrogen-bond donors (Lipinski definition) is 2. The monoisotopic (exact) mass is 392 g/mol. The number of aliphatic imine (C=N–C) groups is 1. The molecule has 6 nitrogen and oxygen atoms in total. The summed E-state index contributed by atoms with van der Waals surface area (Å²) in [5, 5.41) is 3.14. The lowest BCUT2D eigenvalue weighted by molar-refractivity contribution is 0.273. The maximum atomic E-state index is 5.87. The molecule has 0 aliphatic carbocycles. The molecule has 0 aromatic carbocycles. The Hall–Kier alpha value is -0.830. The Morgan fingerprint density at radius 1 is 1.55 bits per heavy atom. The van der Waals surface area contributed by atoms with Gasteiger partial charge in [-0.3, -0.25) is 9.89 Å². The summed E-state index contributed by atoms with van der Waals surface area (Å²) in [7, 11) is 0. The number of nitrogens with two attached hydrogens (primary N) is 1. The van der Waals surface area contributed by atoms with Crippen molar-refractivity contribution in [3.63, 3.8) is 0 Å². The molecule has 1 atom stereocenters. The number of halogens is 1. The molecule has 1 aliphatic rings. The van der Waals surface area contributed by atoms with Crippen molar-refractivity contribution in [3.05, 3.63) is 18.7 Å². The first-order valence-electron chi connectivity index (χ1n) is 7.03. The van der Waals surface area contributed by atoms with E-state index in [1.807, 2.05) is 10.8 Å². The smallest absolute Gasteiger partial charge is 0.188 e. The Balaban J connectivity index is 0.00000200. The molecule has 0 saturated carbocycles. The first kappa shape index (κ1) is 17.2. The van der Waals surface area contributed by atoms with E-state index in [9.17, 15) is 0 Å². The van der Waals surface area contributed by atoms with Gasteiger partial charge in [0.1, 0.15) is 0 Å². The number of imidazole rings is 1. The zero-order valence-electron chi connectivity index (χ0n) is 12.0. The molecule has 0 spiro atoms. The number of guanidine groups is 1. The van der Waals surface area contributed by atoms with Crippen LogP contribution in [-0.4, -0.2) is 52.6 Å². The molecule has 114 valence electrons. The lowest BCUT2D eigenvalue weighted by Gasteiger charge is -2.20. The van der Waals surface area contributed by atoms with Crippen LogP contribution >= 0.6 is 24.0 Å². The quantitative estimate of drug-likeness (QED) is 0.429. The van der Waals surface area contributed by atoms with E-state index in [-0.39, 0.29) is 24.0 Å². The normalized spacial score (nSPS) is 19.9. The molecule has 0 amide bonds. The zero-order chi connectivity index (χ0) is 13.5. The van der Waals surface area contributed by atoms with Crippen LogP contribution in [0.5, 0.6) is 0 Å². The van der Waals surface area contributed by atoms with E-state index in [1.165, 1.54) is 19.4 Å². The van der Waals surface area contributed by atoms with Gasteiger partial charge in [0.05, 0.1) is 12.9 Å². The molecule has 1 fully saturated rings. The fourth-order valence-electron chi connectivity index (χ4n) is 2.51. The van der Waals surface area contributed by atoms with E-state index >= 15 is 0 Å². The van der Waals surface area contributed by atoms with Crippen LogP contribution in [0.15, 0.2) is 23.7 Å². The third kappa shape index (κ3) is 5.28. The van der Waals surface area contributed by atoms with Gasteiger partial charge in [0.2, 0.25) is 0 Å². The van der Waals surface area contributed by atoms with Crippen molar-refractivity contribution >= 4 is 29.9 Å². The molecular weight excluding hydrogens is 367 g/mol. The standard InChI is InChI=1S/C13H24N6.HI/c1-2-19-7-3-4-12(19)10-17-13(14)16-6-9-18-8-5-15-11-18;/h5,8,11-12H,2-4,6-7,9-10H2,1H3,(H3,14,16,17);1H. The highest BCUT2D eigenvalue weighted by atomic mass is 127. The molecule has 0 bridgehead atoms. The molecule has 2 rings (SSSR count). The van der Waals surface area contributed by atoms with Gasteiger partial charge >= 0.3 is 0 Å². The van der Waals surface area contributed by atoms with Gasteiger partial charge in [0.15, 0.2) is 5.96 Å². The van der Waals surface area contributed by atoms with Crippen molar-refractivity contribution < 1.29 is 0 Å². The largest absolute Gasteiger partial charge is 0.370 e. The number of hydrogen-bond acceptors (Lipinski definition) is 3. The summed E-state index contributed by atoms with van der Waals surface area (Å²) >= 11 is 0. The maximum absolute atomic E-state index is 5.87. The Morgan fingerprint density at radius 3 is 3.10 bits per heavy atom. The van der Waals surface area contributed by atoms with Crippen LogP contribution < -0.4 is 11.1 Å². The zero-order valence-corrected chi connectivity index (χ0v) is 14.4. The van der Waals surface area contributed by atoms with Crippen LogP contribution in [0.25, 0.3) is 0 Å². The minimum atomic E-state index is 0. The number of likely N-dealkylation sites (tertiary alicyclic amines) is 1. The second-order valence-corrected chi connectivity index (χ2v) is 4.88. The van der Waals surface area contributed by atoms with Crippen LogP contribution in [0.1, 0.15) is 19.8 Å². The fourth-order valence-corrected chi connectivity index (χ4v) is 2.51. The molecule has 1 saturated heterocycles. The van der Waals surface area contributed by atoms with Gasteiger partial charge in [0, 0.05) is 31.5 Å². The van der Waals surface area contributed by atoms with Gasteiger partial charge in [-0.1, -0.05) is 6.92 Å². The lowest BCUT2D eigenvalue weighted by Crippen LogP contribution is -2.36. The van der Waals surface area contributed by atoms with E-state index in [1.54, 1.807) is 12.5 Å². The van der Waals surface area contributed by atoms with Crippen molar-refractivity contribution in [2.75, 3.05) is 26.2 Å². The summed E-state index contributed by atoms with van der Waals surface area (Å²) in [5.74, 6) is 0.545. The summed E-state index contributed by atoms with van der Waals surface area (Å²) in [4.78, 5) is 10.9. The van der Waals surface area contributed by atoms with E-state index in [0.29, 0.717) is 12.0 Å². The molecule has 2 heterocycles. The van der Waals surface area contributed by atoms with Crippen molar-refractivity contribution in [1.29, 1.82) is 0 Å². The minimum absolute atomic E-state index is 0. The van der Waals surface area contributed by atoms with Crippen LogP contribution in [0, 0.1) is 0 Å². The Kier molecular flexibility index (Phi) is 7.90.